The van der Waals surface area contributed by atoms with Crippen LogP contribution in [0.15, 0.2) is 121 Å². The number of rotatable bonds is 6. The average Bonchev–Trinajstić information content (AvgIpc) is 3.71. The maximum Gasteiger partial charge on any atom is 0.00820 e. The van der Waals surface area contributed by atoms with Crippen molar-refractivity contribution >= 4 is 26.5 Å². The van der Waals surface area contributed by atoms with Crippen LogP contribution in [0.25, 0.3) is 0 Å². The minimum absolute atomic E-state index is 0.0201. The molecule has 0 aliphatic carbocycles. The molecule has 4 aromatic carbocycles. The Labute approximate surface area is 240 Å². The van der Waals surface area contributed by atoms with Crippen molar-refractivity contribution in [3.05, 3.63) is 132 Å². The van der Waals surface area contributed by atoms with Crippen LogP contribution in [0.5, 0.6) is 0 Å². The van der Waals surface area contributed by atoms with Crippen molar-refractivity contribution in [1.29, 1.82) is 0 Å². The van der Waals surface area contributed by atoms with E-state index in [1.807, 2.05) is 0 Å². The van der Waals surface area contributed by atoms with E-state index in [9.17, 15) is 0 Å². The Bertz CT molecular complexity index is 975. The highest BCUT2D eigenvalue weighted by atomic mass is 31.1. The zero-order valence-electron chi connectivity index (χ0n) is 24.0. The molecule has 0 bridgehead atoms. The summed E-state index contributed by atoms with van der Waals surface area (Å²) in [4.78, 5) is 0. The van der Waals surface area contributed by atoms with Crippen LogP contribution >= 0.6 is 15.8 Å². The van der Waals surface area contributed by atoms with Crippen LogP contribution in [0.1, 0.15) is 81.2 Å². The van der Waals surface area contributed by atoms with Gasteiger partial charge in [0.1, 0.15) is 0 Å². The van der Waals surface area contributed by atoms with Gasteiger partial charge in [-0.3, -0.25) is 0 Å². The second-order valence-corrected chi connectivity index (χ2v) is 15.6. The minimum Gasteiger partial charge on any atom is -0.0677 e. The summed E-state index contributed by atoms with van der Waals surface area (Å²) in [6, 6.07) is 44.3. The van der Waals surface area contributed by atoms with Gasteiger partial charge in [-0.25, -0.2) is 0 Å². The third-order valence-electron chi connectivity index (χ3n) is 7.76. The summed E-state index contributed by atoms with van der Waals surface area (Å²) < 4.78 is 0. The maximum atomic E-state index is 2.31. The fourth-order valence-corrected chi connectivity index (χ4v) is 11.9. The lowest BCUT2D eigenvalue weighted by molar-refractivity contribution is 0.772. The van der Waals surface area contributed by atoms with Gasteiger partial charge in [0, 0.05) is 11.3 Å². The molecule has 2 saturated heterocycles. The molecule has 2 aliphatic rings. The van der Waals surface area contributed by atoms with Gasteiger partial charge < -0.3 is 0 Å². The molecule has 204 valence electrons. The van der Waals surface area contributed by atoms with Gasteiger partial charge in [-0.05, 0) is 59.7 Å². The maximum absolute atomic E-state index is 2.31. The third kappa shape index (κ3) is 8.87. The lowest BCUT2D eigenvalue weighted by atomic mass is 10.1. The van der Waals surface area contributed by atoms with Crippen molar-refractivity contribution in [2.75, 3.05) is 12.3 Å². The molecule has 4 aromatic rings. The number of benzene rings is 4. The van der Waals surface area contributed by atoms with Gasteiger partial charge in [-0.2, -0.15) is 0 Å². The van der Waals surface area contributed by atoms with Gasteiger partial charge in [0.25, 0.3) is 0 Å². The fourth-order valence-electron chi connectivity index (χ4n) is 5.79. The zero-order chi connectivity index (χ0) is 27.1. The topological polar surface area (TPSA) is 0 Å². The van der Waals surface area contributed by atoms with Crippen LogP contribution in [-0.2, 0) is 0 Å². The predicted molar refractivity (Wildman–Crippen MR) is 178 cm³/mol. The monoisotopic (exact) mass is 552 g/mol. The van der Waals surface area contributed by atoms with Crippen molar-refractivity contribution in [2.45, 2.75) is 70.1 Å². The van der Waals surface area contributed by atoms with Crippen molar-refractivity contribution in [1.82, 2.24) is 0 Å². The highest BCUT2D eigenvalue weighted by molar-refractivity contribution is 7.66. The van der Waals surface area contributed by atoms with Crippen LogP contribution in [0.2, 0.25) is 0 Å². The van der Waals surface area contributed by atoms with E-state index in [0.717, 1.165) is 11.3 Å². The standard InChI is InChI=1S/2C16H17P.C5H12/c2*1-3-8-14(9-4-1)16-12-7-13-17(16)15-10-5-2-6-11-15;1-3-5-4-2/h2*1-6,8-11,16H,7,12-13H2;3-5H2,1-2H3. The molecule has 0 radical (unpaired) electrons. The summed E-state index contributed by atoms with van der Waals surface area (Å²) in [5.74, 6) is 0. The first-order valence-corrected chi connectivity index (χ1v) is 18.2. The molecule has 0 saturated carbocycles. The van der Waals surface area contributed by atoms with Gasteiger partial charge in [0.05, 0.1) is 0 Å². The second-order valence-electron chi connectivity index (χ2n) is 10.5. The summed E-state index contributed by atoms with van der Waals surface area (Å²) in [5.41, 5.74) is 4.65. The molecule has 2 fully saturated rings. The smallest absolute Gasteiger partial charge is 0.00820 e. The van der Waals surface area contributed by atoms with Gasteiger partial charge in [0.2, 0.25) is 0 Å². The van der Waals surface area contributed by atoms with E-state index in [0.29, 0.717) is 0 Å². The van der Waals surface area contributed by atoms with E-state index in [1.165, 1.54) is 57.3 Å². The molecule has 6 rings (SSSR count). The van der Waals surface area contributed by atoms with Crippen molar-refractivity contribution in [3.63, 3.8) is 0 Å². The molecule has 2 heterocycles. The number of hydrogen-bond acceptors (Lipinski definition) is 0. The lowest BCUT2D eigenvalue weighted by Gasteiger charge is -2.21. The van der Waals surface area contributed by atoms with Crippen molar-refractivity contribution < 1.29 is 0 Å². The highest BCUT2D eigenvalue weighted by Crippen LogP contribution is 2.59. The first-order chi connectivity index (χ1) is 19.3. The number of unbranched alkanes of at least 4 members (excludes halogenated alkanes) is 2. The largest absolute Gasteiger partial charge is 0.0677 e. The molecule has 0 amide bonds. The Hall–Kier alpha value is -2.26. The third-order valence-corrected chi connectivity index (χ3v) is 13.9. The Balaban J connectivity index is 0.000000155. The minimum atomic E-state index is 0.0201. The van der Waals surface area contributed by atoms with Crippen LogP contribution in [0.4, 0.5) is 0 Å². The number of hydrogen-bond donors (Lipinski definition) is 0. The molecular formula is C37H46P2. The molecule has 39 heavy (non-hydrogen) atoms. The van der Waals surface area contributed by atoms with Gasteiger partial charge in [-0.15, -0.1) is 0 Å². The van der Waals surface area contributed by atoms with Crippen molar-refractivity contribution in [2.24, 2.45) is 0 Å². The molecular weight excluding hydrogens is 506 g/mol. The normalized spacial score (nSPS) is 21.8. The molecule has 2 heteroatoms. The first-order valence-electron chi connectivity index (χ1n) is 15.0. The summed E-state index contributed by atoms with van der Waals surface area (Å²) in [6.07, 6.45) is 12.4. The summed E-state index contributed by atoms with van der Waals surface area (Å²) in [5, 5.41) is 3.16. The Morgan fingerprint density at radius 1 is 0.487 bits per heavy atom. The van der Waals surface area contributed by atoms with Crippen LogP contribution in [-0.4, -0.2) is 12.3 Å². The van der Waals surface area contributed by atoms with E-state index < -0.39 is 0 Å². The predicted octanol–water partition coefficient (Wildman–Crippen LogP) is 10.9. The summed E-state index contributed by atoms with van der Waals surface area (Å²) in [7, 11) is 0.0401. The van der Waals surface area contributed by atoms with E-state index in [2.05, 4.69) is 135 Å². The average molecular weight is 553 g/mol. The van der Waals surface area contributed by atoms with E-state index in [-0.39, 0.29) is 15.8 Å². The second kappa shape index (κ2) is 16.8. The Morgan fingerprint density at radius 3 is 1.13 bits per heavy atom. The molecule has 0 spiro atoms. The van der Waals surface area contributed by atoms with Gasteiger partial charge >= 0.3 is 0 Å². The fraction of sp³-hybridized carbons (Fsp3) is 0.351. The first kappa shape index (κ1) is 29.7. The molecule has 4 atom stereocenters. The van der Waals surface area contributed by atoms with E-state index in [1.54, 1.807) is 21.7 Å². The molecule has 0 nitrogen and oxygen atoms in total. The SMILES string of the molecule is CCCCC.c1ccc(C2CCCP2c2ccccc2)cc1.c1ccc(C2CCCP2c2ccccc2)cc1. The summed E-state index contributed by atoms with van der Waals surface area (Å²) in [6.45, 7) is 4.42. The van der Waals surface area contributed by atoms with Crippen molar-refractivity contribution in [3.8, 4) is 0 Å². The van der Waals surface area contributed by atoms with E-state index in [4.69, 9.17) is 0 Å². The quantitative estimate of drug-likeness (QED) is 0.209. The molecule has 4 unspecified atom stereocenters. The van der Waals surface area contributed by atoms with Crippen LogP contribution in [0.3, 0.4) is 0 Å². The highest BCUT2D eigenvalue weighted by Gasteiger charge is 2.29. The lowest BCUT2D eigenvalue weighted by Crippen LogP contribution is -2.04. The zero-order valence-corrected chi connectivity index (χ0v) is 25.7. The summed E-state index contributed by atoms with van der Waals surface area (Å²) >= 11 is 0. The Morgan fingerprint density at radius 2 is 0.821 bits per heavy atom. The van der Waals surface area contributed by atoms with Gasteiger partial charge in [0.15, 0.2) is 0 Å². The molecule has 0 aromatic heterocycles. The van der Waals surface area contributed by atoms with Gasteiger partial charge in [-0.1, -0.05) is 170 Å². The molecule has 2 aliphatic heterocycles. The van der Waals surface area contributed by atoms with Crippen LogP contribution in [0, 0.1) is 0 Å². The van der Waals surface area contributed by atoms with E-state index >= 15 is 0 Å². The molecule has 0 N–H and O–H groups in total. The Kier molecular flexibility index (Phi) is 12.8. The van der Waals surface area contributed by atoms with Crippen LogP contribution < -0.4 is 10.6 Å².